The molecule has 0 atom stereocenters. The molecule has 0 aliphatic rings. The number of nitrogens with zero attached hydrogens (tertiary/aromatic N) is 1. The van der Waals surface area contributed by atoms with Crippen molar-refractivity contribution in [2.75, 3.05) is 0 Å². The minimum absolute atomic E-state index is 0. The molecule has 4 nitrogen and oxygen atoms in total. The first-order valence-electron chi connectivity index (χ1n) is 3.88. The maximum Gasteiger partial charge on any atom is 1.00 e. The van der Waals surface area contributed by atoms with Crippen LogP contribution in [0, 0.1) is 0 Å². The monoisotopic (exact) mass is 231 g/mol. The standard InChI is InChI=1S/C9H7NO3S.Na/c11-14(12,13)9-3-1-2-7-6-10-5-4-8(7)9;/h1-6H,(H,11,12,13);/q;+1/p-1. The molecule has 0 N–H and O–H groups in total. The number of fused-ring (bicyclic) bond motifs is 1. The van der Waals surface area contributed by atoms with Crippen LogP contribution in [0.25, 0.3) is 10.8 Å². The molecule has 72 valence electrons. The SMILES string of the molecule is O=S(=O)([O-])c1cccc2cnccc12.[Na+]. The predicted octanol–water partition coefficient (Wildman–Crippen LogP) is -1.86. The third-order valence-electron chi connectivity index (χ3n) is 1.91. The average molecular weight is 231 g/mol. The third-order valence-corrected chi connectivity index (χ3v) is 2.80. The first-order chi connectivity index (χ1) is 6.59. The Morgan fingerprint density at radius 1 is 1.20 bits per heavy atom. The van der Waals surface area contributed by atoms with Gasteiger partial charge in [0.15, 0.2) is 0 Å². The molecule has 0 aliphatic heterocycles. The minimum Gasteiger partial charge on any atom is -0.744 e. The summed E-state index contributed by atoms with van der Waals surface area (Å²) in [6, 6.07) is 6.04. The molecule has 15 heavy (non-hydrogen) atoms. The summed E-state index contributed by atoms with van der Waals surface area (Å²) >= 11 is 0. The average Bonchev–Trinajstić information content (AvgIpc) is 2.15. The summed E-state index contributed by atoms with van der Waals surface area (Å²) in [7, 11) is -4.41. The number of pyridine rings is 1. The van der Waals surface area contributed by atoms with Crippen LogP contribution in [0.3, 0.4) is 0 Å². The van der Waals surface area contributed by atoms with Crippen LogP contribution in [-0.2, 0) is 10.1 Å². The smallest absolute Gasteiger partial charge is 0.744 e. The van der Waals surface area contributed by atoms with Crippen LogP contribution in [0.1, 0.15) is 0 Å². The largest absolute Gasteiger partial charge is 1.00 e. The van der Waals surface area contributed by atoms with Gasteiger partial charge in [-0.05, 0) is 12.1 Å². The van der Waals surface area contributed by atoms with E-state index in [9.17, 15) is 13.0 Å². The van der Waals surface area contributed by atoms with Crippen molar-refractivity contribution in [3.63, 3.8) is 0 Å². The summed E-state index contributed by atoms with van der Waals surface area (Å²) in [5, 5.41) is 1.06. The van der Waals surface area contributed by atoms with Gasteiger partial charge >= 0.3 is 29.6 Å². The van der Waals surface area contributed by atoms with E-state index in [-0.39, 0.29) is 34.5 Å². The van der Waals surface area contributed by atoms with Crippen LogP contribution >= 0.6 is 0 Å². The van der Waals surface area contributed by atoms with Gasteiger partial charge in [0, 0.05) is 23.2 Å². The topological polar surface area (TPSA) is 70.1 Å². The number of rotatable bonds is 1. The molecule has 1 aromatic carbocycles. The molecule has 0 saturated heterocycles. The zero-order valence-corrected chi connectivity index (χ0v) is 10.9. The maximum atomic E-state index is 10.9. The van der Waals surface area contributed by atoms with Crippen molar-refractivity contribution in [1.29, 1.82) is 0 Å². The summed E-state index contributed by atoms with van der Waals surface area (Å²) in [6.07, 6.45) is 2.97. The van der Waals surface area contributed by atoms with Gasteiger partial charge in [0.25, 0.3) is 0 Å². The molecule has 0 aliphatic carbocycles. The Kier molecular flexibility index (Phi) is 3.86. The summed E-state index contributed by atoms with van der Waals surface area (Å²) in [6.45, 7) is 0. The molecule has 1 heterocycles. The molecule has 0 fully saturated rings. The van der Waals surface area contributed by atoms with Crippen LogP contribution < -0.4 is 29.6 Å². The molecule has 0 radical (unpaired) electrons. The van der Waals surface area contributed by atoms with Gasteiger partial charge in [0.2, 0.25) is 0 Å². The molecule has 0 amide bonds. The Morgan fingerprint density at radius 3 is 2.60 bits per heavy atom. The molecule has 0 spiro atoms. The fraction of sp³-hybridized carbons (Fsp3) is 0. The second kappa shape index (κ2) is 4.59. The van der Waals surface area contributed by atoms with Gasteiger partial charge < -0.3 is 4.55 Å². The van der Waals surface area contributed by atoms with Crippen molar-refractivity contribution >= 4 is 20.9 Å². The number of aromatic nitrogens is 1. The van der Waals surface area contributed by atoms with Crippen molar-refractivity contribution in [2.45, 2.75) is 4.90 Å². The Balaban J connectivity index is 0.00000112. The van der Waals surface area contributed by atoms with E-state index < -0.39 is 10.1 Å². The van der Waals surface area contributed by atoms with E-state index in [0.717, 1.165) is 0 Å². The van der Waals surface area contributed by atoms with Gasteiger partial charge in [-0.25, -0.2) is 8.42 Å². The molecule has 0 unspecified atom stereocenters. The van der Waals surface area contributed by atoms with Gasteiger partial charge in [0.05, 0.1) is 4.90 Å². The predicted molar refractivity (Wildman–Crippen MR) is 49.7 cm³/mol. The van der Waals surface area contributed by atoms with E-state index in [1.165, 1.54) is 30.6 Å². The summed E-state index contributed by atoms with van der Waals surface area (Å²) in [4.78, 5) is 3.64. The second-order valence-corrected chi connectivity index (χ2v) is 4.16. The van der Waals surface area contributed by atoms with Crippen LogP contribution in [-0.4, -0.2) is 18.0 Å². The van der Waals surface area contributed by atoms with Crippen LogP contribution in [0.4, 0.5) is 0 Å². The van der Waals surface area contributed by atoms with Gasteiger partial charge in [-0.1, -0.05) is 12.1 Å². The quantitative estimate of drug-likeness (QED) is 0.426. The third kappa shape index (κ3) is 2.56. The zero-order chi connectivity index (χ0) is 10.2. The fourth-order valence-electron chi connectivity index (χ4n) is 1.31. The van der Waals surface area contributed by atoms with E-state index in [1.54, 1.807) is 6.07 Å². The molecule has 0 saturated carbocycles. The molecule has 1 aromatic heterocycles. The van der Waals surface area contributed by atoms with Crippen molar-refractivity contribution in [3.8, 4) is 0 Å². The fourth-order valence-corrected chi connectivity index (χ4v) is 2.01. The molecular formula is C9H6NNaO3S. The van der Waals surface area contributed by atoms with Crippen LogP contribution in [0.5, 0.6) is 0 Å². The first kappa shape index (κ1) is 12.6. The van der Waals surface area contributed by atoms with E-state index >= 15 is 0 Å². The normalized spacial score (nSPS) is 11.0. The summed E-state index contributed by atoms with van der Waals surface area (Å²) in [5.74, 6) is 0. The van der Waals surface area contributed by atoms with Crippen molar-refractivity contribution in [3.05, 3.63) is 36.7 Å². The van der Waals surface area contributed by atoms with E-state index in [1.807, 2.05) is 0 Å². The van der Waals surface area contributed by atoms with Crippen molar-refractivity contribution in [1.82, 2.24) is 4.98 Å². The number of hydrogen-bond donors (Lipinski definition) is 0. The first-order valence-corrected chi connectivity index (χ1v) is 5.28. The molecule has 0 bridgehead atoms. The minimum atomic E-state index is -4.41. The van der Waals surface area contributed by atoms with E-state index in [2.05, 4.69) is 4.98 Å². The van der Waals surface area contributed by atoms with Gasteiger partial charge in [0.1, 0.15) is 10.1 Å². The Labute approximate surface area is 109 Å². The molecule has 6 heteroatoms. The van der Waals surface area contributed by atoms with Gasteiger partial charge in [-0.2, -0.15) is 0 Å². The summed E-state index contributed by atoms with van der Waals surface area (Å²) in [5.41, 5.74) is 0. The van der Waals surface area contributed by atoms with Crippen LogP contribution in [0.15, 0.2) is 41.6 Å². The molecular weight excluding hydrogens is 225 g/mol. The molecule has 2 aromatic rings. The Bertz CT molecular complexity index is 577. The maximum absolute atomic E-state index is 10.9. The van der Waals surface area contributed by atoms with Gasteiger partial charge in [-0.3, -0.25) is 4.98 Å². The van der Waals surface area contributed by atoms with Gasteiger partial charge in [-0.15, -0.1) is 0 Å². The van der Waals surface area contributed by atoms with Crippen molar-refractivity contribution < 1.29 is 42.5 Å². The number of hydrogen-bond acceptors (Lipinski definition) is 4. The Morgan fingerprint density at radius 2 is 1.93 bits per heavy atom. The Hall–Kier alpha value is -0.460. The van der Waals surface area contributed by atoms with E-state index in [0.29, 0.717) is 10.8 Å². The molecule has 2 rings (SSSR count). The second-order valence-electron chi connectivity index (χ2n) is 2.81. The van der Waals surface area contributed by atoms with E-state index in [4.69, 9.17) is 0 Å². The van der Waals surface area contributed by atoms with Crippen LogP contribution in [0.2, 0.25) is 0 Å². The van der Waals surface area contributed by atoms with Crippen molar-refractivity contribution in [2.24, 2.45) is 0 Å². The summed E-state index contributed by atoms with van der Waals surface area (Å²) < 4.78 is 32.6. The zero-order valence-electron chi connectivity index (χ0n) is 8.04. The number of benzene rings is 1.